The van der Waals surface area contributed by atoms with Gasteiger partial charge in [-0.15, -0.1) is 0 Å². The van der Waals surface area contributed by atoms with E-state index in [1.807, 2.05) is 26.1 Å². The number of hydrogen-bond acceptors (Lipinski definition) is 2. The van der Waals surface area contributed by atoms with E-state index in [1.165, 1.54) is 6.07 Å². The van der Waals surface area contributed by atoms with Gasteiger partial charge in [0.25, 0.3) is 0 Å². The highest BCUT2D eigenvalue weighted by molar-refractivity contribution is 5.30. The molecule has 1 N–H and O–H groups in total. The van der Waals surface area contributed by atoms with Crippen LogP contribution in [0.5, 0.6) is 0 Å². The molecule has 0 saturated heterocycles. The van der Waals surface area contributed by atoms with Crippen LogP contribution in [0, 0.1) is 12.7 Å². The summed E-state index contributed by atoms with van der Waals surface area (Å²) in [7, 11) is 1.87. The normalized spacial score (nSPS) is 12.6. The molecule has 1 aromatic carbocycles. The standard InChI is InChI=1S/C14H16FNO/c1-10-5-6-11(15)8-13(10)14(16-2)9-12-4-3-7-17-12/h3-8,14,16H,9H2,1-2H3. The first-order valence-electron chi connectivity index (χ1n) is 5.66. The summed E-state index contributed by atoms with van der Waals surface area (Å²) in [6, 6.07) is 8.73. The molecule has 0 saturated carbocycles. The number of hydrogen-bond donors (Lipinski definition) is 1. The lowest BCUT2D eigenvalue weighted by Crippen LogP contribution is -2.19. The fourth-order valence-corrected chi connectivity index (χ4v) is 1.98. The maximum absolute atomic E-state index is 13.3. The maximum atomic E-state index is 13.3. The Morgan fingerprint density at radius 2 is 2.18 bits per heavy atom. The van der Waals surface area contributed by atoms with Crippen molar-refractivity contribution in [2.24, 2.45) is 0 Å². The van der Waals surface area contributed by atoms with Crippen molar-refractivity contribution in [1.82, 2.24) is 5.32 Å². The van der Waals surface area contributed by atoms with Crippen molar-refractivity contribution in [3.8, 4) is 0 Å². The Balaban J connectivity index is 2.25. The number of furan rings is 1. The highest BCUT2D eigenvalue weighted by Gasteiger charge is 2.14. The van der Waals surface area contributed by atoms with Crippen LogP contribution in [-0.2, 0) is 6.42 Å². The maximum Gasteiger partial charge on any atom is 0.123 e. The van der Waals surface area contributed by atoms with Crippen molar-refractivity contribution < 1.29 is 8.81 Å². The lowest BCUT2D eigenvalue weighted by atomic mass is 9.98. The van der Waals surface area contributed by atoms with Gasteiger partial charge in [0, 0.05) is 12.5 Å². The predicted molar refractivity (Wildman–Crippen MR) is 65.3 cm³/mol. The van der Waals surface area contributed by atoms with E-state index < -0.39 is 0 Å². The molecule has 1 unspecified atom stereocenters. The smallest absolute Gasteiger partial charge is 0.123 e. The molecule has 0 aliphatic heterocycles. The van der Waals surface area contributed by atoms with E-state index in [2.05, 4.69) is 5.32 Å². The molecule has 0 radical (unpaired) electrons. The highest BCUT2D eigenvalue weighted by Crippen LogP contribution is 2.22. The minimum Gasteiger partial charge on any atom is -0.469 e. The SMILES string of the molecule is CNC(Cc1ccco1)c1cc(F)ccc1C. The van der Waals surface area contributed by atoms with E-state index in [0.717, 1.165) is 16.9 Å². The summed E-state index contributed by atoms with van der Waals surface area (Å²) in [5, 5.41) is 3.20. The molecule has 2 rings (SSSR count). The third-order valence-electron chi connectivity index (χ3n) is 2.95. The van der Waals surface area contributed by atoms with Gasteiger partial charge in [0.05, 0.1) is 6.26 Å². The lowest BCUT2D eigenvalue weighted by molar-refractivity contribution is 0.464. The summed E-state index contributed by atoms with van der Waals surface area (Å²) in [6.45, 7) is 1.99. The summed E-state index contributed by atoms with van der Waals surface area (Å²) in [6.07, 6.45) is 2.37. The minimum atomic E-state index is -0.203. The van der Waals surface area contributed by atoms with Crippen LogP contribution in [0.4, 0.5) is 4.39 Å². The van der Waals surface area contributed by atoms with Gasteiger partial charge >= 0.3 is 0 Å². The van der Waals surface area contributed by atoms with Crippen molar-refractivity contribution in [3.63, 3.8) is 0 Å². The van der Waals surface area contributed by atoms with Crippen LogP contribution in [0.2, 0.25) is 0 Å². The monoisotopic (exact) mass is 233 g/mol. The lowest BCUT2D eigenvalue weighted by Gasteiger charge is -2.17. The molecule has 1 atom stereocenters. The van der Waals surface area contributed by atoms with Crippen molar-refractivity contribution in [2.75, 3.05) is 7.05 Å². The average Bonchev–Trinajstić information content (AvgIpc) is 2.82. The Labute approximate surface area is 100 Å². The van der Waals surface area contributed by atoms with Gasteiger partial charge in [0.2, 0.25) is 0 Å². The van der Waals surface area contributed by atoms with Gasteiger partial charge in [-0.3, -0.25) is 0 Å². The summed E-state index contributed by atoms with van der Waals surface area (Å²) in [5.74, 6) is 0.693. The van der Waals surface area contributed by atoms with Crippen LogP contribution in [0.3, 0.4) is 0 Å². The van der Waals surface area contributed by atoms with Crippen LogP contribution in [0.25, 0.3) is 0 Å². The molecule has 2 nitrogen and oxygen atoms in total. The number of benzene rings is 1. The van der Waals surface area contributed by atoms with Gasteiger partial charge in [0.1, 0.15) is 11.6 Å². The molecule has 0 spiro atoms. The minimum absolute atomic E-state index is 0.0665. The second-order valence-electron chi connectivity index (χ2n) is 4.13. The first-order chi connectivity index (χ1) is 8.20. The molecule has 0 aliphatic carbocycles. The zero-order chi connectivity index (χ0) is 12.3. The van der Waals surface area contributed by atoms with Crippen molar-refractivity contribution in [1.29, 1.82) is 0 Å². The second kappa shape index (κ2) is 5.15. The zero-order valence-corrected chi connectivity index (χ0v) is 10.0. The van der Waals surface area contributed by atoms with Gasteiger partial charge in [-0.2, -0.15) is 0 Å². The molecule has 90 valence electrons. The van der Waals surface area contributed by atoms with Crippen LogP contribution < -0.4 is 5.32 Å². The average molecular weight is 233 g/mol. The number of nitrogens with one attached hydrogen (secondary N) is 1. The van der Waals surface area contributed by atoms with Crippen molar-refractivity contribution in [3.05, 3.63) is 59.3 Å². The van der Waals surface area contributed by atoms with Crippen LogP contribution in [-0.4, -0.2) is 7.05 Å². The quantitative estimate of drug-likeness (QED) is 0.877. The summed E-state index contributed by atoms with van der Waals surface area (Å²) >= 11 is 0. The van der Waals surface area contributed by atoms with E-state index in [0.29, 0.717) is 6.42 Å². The Morgan fingerprint density at radius 3 is 2.82 bits per heavy atom. The zero-order valence-electron chi connectivity index (χ0n) is 10.0. The molecule has 2 aromatic rings. The first-order valence-corrected chi connectivity index (χ1v) is 5.66. The van der Waals surface area contributed by atoms with Gasteiger partial charge in [-0.05, 0) is 49.4 Å². The number of rotatable bonds is 4. The summed E-state index contributed by atoms with van der Waals surface area (Å²) in [5.41, 5.74) is 2.06. The van der Waals surface area contributed by atoms with E-state index in [9.17, 15) is 4.39 Å². The Bertz CT molecular complexity index is 479. The Morgan fingerprint density at radius 1 is 1.35 bits per heavy atom. The van der Waals surface area contributed by atoms with Gasteiger partial charge in [-0.1, -0.05) is 6.07 Å². The number of halogens is 1. The molecule has 0 aliphatic rings. The topological polar surface area (TPSA) is 25.2 Å². The second-order valence-corrected chi connectivity index (χ2v) is 4.13. The fourth-order valence-electron chi connectivity index (χ4n) is 1.98. The molecule has 1 aromatic heterocycles. The molecular weight excluding hydrogens is 217 g/mol. The molecule has 0 amide bonds. The third-order valence-corrected chi connectivity index (χ3v) is 2.95. The van der Waals surface area contributed by atoms with Gasteiger partial charge < -0.3 is 9.73 Å². The van der Waals surface area contributed by atoms with Gasteiger partial charge in [0.15, 0.2) is 0 Å². The van der Waals surface area contributed by atoms with Crippen LogP contribution in [0.1, 0.15) is 22.9 Å². The molecule has 1 heterocycles. The third kappa shape index (κ3) is 2.74. The first kappa shape index (κ1) is 11.9. The fraction of sp³-hybridized carbons (Fsp3) is 0.286. The Hall–Kier alpha value is -1.61. The number of aryl methyl sites for hydroxylation is 1. The van der Waals surface area contributed by atoms with E-state index >= 15 is 0 Å². The van der Waals surface area contributed by atoms with E-state index in [1.54, 1.807) is 18.4 Å². The van der Waals surface area contributed by atoms with Crippen molar-refractivity contribution in [2.45, 2.75) is 19.4 Å². The molecular formula is C14H16FNO. The van der Waals surface area contributed by atoms with E-state index in [-0.39, 0.29) is 11.9 Å². The number of likely N-dealkylation sites (N-methyl/N-ethyl adjacent to an activating group) is 1. The van der Waals surface area contributed by atoms with Crippen LogP contribution in [0.15, 0.2) is 41.0 Å². The largest absolute Gasteiger partial charge is 0.469 e. The highest BCUT2D eigenvalue weighted by atomic mass is 19.1. The molecule has 3 heteroatoms. The predicted octanol–water partition coefficient (Wildman–Crippen LogP) is 3.23. The van der Waals surface area contributed by atoms with E-state index in [4.69, 9.17) is 4.42 Å². The summed E-state index contributed by atoms with van der Waals surface area (Å²) < 4.78 is 18.6. The molecule has 17 heavy (non-hydrogen) atoms. The molecule has 0 bridgehead atoms. The summed E-state index contributed by atoms with van der Waals surface area (Å²) in [4.78, 5) is 0. The molecule has 0 fully saturated rings. The van der Waals surface area contributed by atoms with Crippen molar-refractivity contribution >= 4 is 0 Å². The van der Waals surface area contributed by atoms with Crippen LogP contribution >= 0.6 is 0 Å². The van der Waals surface area contributed by atoms with Gasteiger partial charge in [-0.25, -0.2) is 4.39 Å². The Kier molecular flexibility index (Phi) is 3.59.